The van der Waals surface area contributed by atoms with Crippen molar-refractivity contribution in [3.8, 4) is 16.2 Å². The smallest absolute Gasteiger partial charge is 0.337 e. The van der Waals surface area contributed by atoms with Crippen LogP contribution in [0.2, 0.25) is 0 Å². The van der Waals surface area contributed by atoms with Crippen molar-refractivity contribution >= 4 is 38.2 Å². The molecule has 40 heavy (non-hydrogen) atoms. The molecule has 1 unspecified atom stereocenters. The number of rotatable bonds is 9. The molecule has 1 amide bonds. The molecule has 1 aliphatic carbocycles. The first-order valence-corrected chi connectivity index (χ1v) is 14.4. The molecule has 1 saturated carbocycles. The first-order chi connectivity index (χ1) is 19.2. The summed E-state index contributed by atoms with van der Waals surface area (Å²) in [5, 5.41) is 2.46. The quantitative estimate of drug-likeness (QED) is 0.256. The Morgan fingerprint density at radius 3 is 2.35 bits per heavy atom. The maximum atomic E-state index is 14.4. The second kappa shape index (κ2) is 11.1. The zero-order chi connectivity index (χ0) is 28.4. The highest BCUT2D eigenvalue weighted by atomic mass is 32.2. The number of carbonyl (C=O) groups is 2. The molecular formula is C28H22F2N2O6S2. The van der Waals surface area contributed by atoms with Crippen LogP contribution in [0.15, 0.2) is 77.8 Å². The van der Waals surface area contributed by atoms with Gasteiger partial charge in [-0.25, -0.2) is 27.0 Å². The van der Waals surface area contributed by atoms with Gasteiger partial charge in [0.25, 0.3) is 5.91 Å². The average molecular weight is 585 g/mol. The van der Waals surface area contributed by atoms with E-state index in [1.54, 1.807) is 30.5 Å². The number of benzene rings is 3. The fraction of sp³-hybridized carbons (Fsp3) is 0.179. The zero-order valence-electron chi connectivity index (χ0n) is 21.0. The monoisotopic (exact) mass is 584 g/mol. The highest BCUT2D eigenvalue weighted by molar-refractivity contribution is 7.92. The van der Waals surface area contributed by atoms with E-state index in [1.807, 2.05) is 0 Å². The molecule has 12 heteroatoms. The van der Waals surface area contributed by atoms with Crippen LogP contribution in [-0.4, -0.2) is 37.6 Å². The number of halogens is 2. The van der Waals surface area contributed by atoms with Gasteiger partial charge in [-0.05, 0) is 54.8 Å². The lowest BCUT2D eigenvalue weighted by Gasteiger charge is -2.19. The molecular weight excluding hydrogens is 562 g/mol. The van der Waals surface area contributed by atoms with Crippen molar-refractivity contribution in [1.82, 2.24) is 4.98 Å². The summed E-state index contributed by atoms with van der Waals surface area (Å²) in [6.07, 6.45) is 1.34. The number of carbonyl (C=O) groups excluding carboxylic acids is 2. The number of nitrogens with one attached hydrogen (secondary N) is 1. The number of hydrogen-bond acceptors (Lipinski definition) is 8. The standard InChI is InChI=1S/C28H22F2N2O6S2/c1-37-27(34)18-4-2-16(3-5-18)24-15-31-28(39-24)32-26(33)25(38-23-13-8-19(29)14-22(23)30)17-6-9-20(10-7-17)40(35,36)21-11-12-21/h2-10,13-15,21,25H,11-12H2,1H3,(H,31,32,33). The zero-order valence-corrected chi connectivity index (χ0v) is 22.6. The van der Waals surface area contributed by atoms with Crippen LogP contribution >= 0.6 is 11.3 Å². The van der Waals surface area contributed by atoms with Crippen molar-refractivity contribution in [2.24, 2.45) is 0 Å². The second-order valence-corrected chi connectivity index (χ2v) is 12.2. The molecule has 4 aromatic rings. The molecule has 1 N–H and O–H groups in total. The number of methoxy groups -OCH3 is 1. The Kier molecular flexibility index (Phi) is 7.63. The van der Waals surface area contributed by atoms with Gasteiger partial charge >= 0.3 is 5.97 Å². The molecule has 1 aromatic heterocycles. The van der Waals surface area contributed by atoms with Gasteiger partial charge in [0.05, 0.1) is 27.7 Å². The number of sulfone groups is 1. The Bertz CT molecular complexity index is 1670. The lowest BCUT2D eigenvalue weighted by molar-refractivity contribution is -0.123. The van der Waals surface area contributed by atoms with E-state index in [2.05, 4.69) is 10.3 Å². The van der Waals surface area contributed by atoms with Crippen LogP contribution in [0.5, 0.6) is 5.75 Å². The van der Waals surface area contributed by atoms with Gasteiger partial charge in [0, 0.05) is 17.8 Å². The van der Waals surface area contributed by atoms with Crippen LogP contribution in [0, 0.1) is 11.6 Å². The molecule has 1 fully saturated rings. The summed E-state index contributed by atoms with van der Waals surface area (Å²) >= 11 is 1.16. The fourth-order valence-electron chi connectivity index (χ4n) is 3.90. The minimum Gasteiger partial charge on any atom is -0.473 e. The number of esters is 1. The molecule has 206 valence electrons. The minimum atomic E-state index is -3.46. The molecule has 5 rings (SSSR count). The summed E-state index contributed by atoms with van der Waals surface area (Å²) in [6, 6.07) is 15.0. The Morgan fingerprint density at radius 2 is 1.73 bits per heavy atom. The largest absolute Gasteiger partial charge is 0.473 e. The molecule has 8 nitrogen and oxygen atoms in total. The molecule has 0 radical (unpaired) electrons. The maximum absolute atomic E-state index is 14.4. The van der Waals surface area contributed by atoms with Crippen LogP contribution in [0.3, 0.4) is 0 Å². The number of anilines is 1. The number of aromatic nitrogens is 1. The number of hydrogen-bond donors (Lipinski definition) is 1. The Hall–Kier alpha value is -4.16. The summed E-state index contributed by atoms with van der Waals surface area (Å²) in [4.78, 5) is 30.1. The topological polar surface area (TPSA) is 112 Å². The predicted molar refractivity (Wildman–Crippen MR) is 144 cm³/mol. The van der Waals surface area contributed by atoms with Gasteiger partial charge in [0.2, 0.25) is 6.10 Å². The minimum absolute atomic E-state index is 0.119. The van der Waals surface area contributed by atoms with Gasteiger partial charge in [-0.3, -0.25) is 10.1 Å². The van der Waals surface area contributed by atoms with Crippen LogP contribution in [0.25, 0.3) is 10.4 Å². The summed E-state index contributed by atoms with van der Waals surface area (Å²) < 4.78 is 63.4. The molecule has 0 aliphatic heterocycles. The van der Waals surface area contributed by atoms with E-state index in [-0.39, 0.29) is 21.3 Å². The van der Waals surface area contributed by atoms with Crippen molar-refractivity contribution in [1.29, 1.82) is 0 Å². The third kappa shape index (κ3) is 5.87. The van der Waals surface area contributed by atoms with E-state index < -0.39 is 44.7 Å². The van der Waals surface area contributed by atoms with Gasteiger partial charge in [-0.15, -0.1) is 0 Å². The SMILES string of the molecule is COC(=O)c1ccc(-c2cnc(NC(=O)C(Oc3ccc(F)cc3F)c3ccc(S(=O)(=O)C4CC4)cc3)s2)cc1. The first-order valence-electron chi connectivity index (χ1n) is 12.1. The summed E-state index contributed by atoms with van der Waals surface area (Å²) in [5.41, 5.74) is 1.39. The highest BCUT2D eigenvalue weighted by Gasteiger charge is 2.37. The molecule has 1 aliphatic rings. The first kappa shape index (κ1) is 27.4. The van der Waals surface area contributed by atoms with Gasteiger partial charge in [-0.2, -0.15) is 0 Å². The second-order valence-electron chi connectivity index (χ2n) is 8.97. The number of nitrogens with zero attached hydrogens (tertiary/aromatic N) is 1. The highest BCUT2D eigenvalue weighted by Crippen LogP contribution is 2.35. The predicted octanol–water partition coefficient (Wildman–Crippen LogP) is 5.57. The lowest BCUT2D eigenvalue weighted by Crippen LogP contribution is -2.26. The van der Waals surface area contributed by atoms with Crippen molar-refractivity contribution < 1.29 is 36.3 Å². The van der Waals surface area contributed by atoms with Crippen LogP contribution < -0.4 is 10.1 Å². The normalized spacial score (nSPS) is 13.9. The van der Waals surface area contributed by atoms with Crippen LogP contribution in [0.4, 0.5) is 13.9 Å². The summed E-state index contributed by atoms with van der Waals surface area (Å²) in [7, 11) is -2.17. The van der Waals surface area contributed by atoms with E-state index in [4.69, 9.17) is 9.47 Å². The van der Waals surface area contributed by atoms with Gasteiger partial charge < -0.3 is 9.47 Å². The van der Waals surface area contributed by atoms with E-state index in [9.17, 15) is 26.8 Å². The van der Waals surface area contributed by atoms with E-state index >= 15 is 0 Å². The molecule has 1 atom stereocenters. The fourth-order valence-corrected chi connectivity index (χ4v) is 6.38. The van der Waals surface area contributed by atoms with E-state index in [0.717, 1.165) is 29.0 Å². The Balaban J connectivity index is 1.39. The van der Waals surface area contributed by atoms with Crippen LogP contribution in [0.1, 0.15) is 34.9 Å². The molecule has 1 heterocycles. The van der Waals surface area contributed by atoms with Gasteiger partial charge in [-0.1, -0.05) is 35.6 Å². The summed E-state index contributed by atoms with van der Waals surface area (Å²) in [5.74, 6) is -3.34. The third-order valence-corrected chi connectivity index (χ3v) is 9.42. The average Bonchev–Trinajstić information content (AvgIpc) is 3.72. The molecule has 0 bridgehead atoms. The molecule has 0 spiro atoms. The van der Waals surface area contributed by atoms with Gasteiger partial charge in [0.1, 0.15) is 5.82 Å². The molecule has 0 saturated heterocycles. The van der Waals surface area contributed by atoms with Gasteiger partial charge in [0.15, 0.2) is 26.5 Å². The van der Waals surface area contributed by atoms with E-state index in [1.165, 1.54) is 31.4 Å². The van der Waals surface area contributed by atoms with E-state index in [0.29, 0.717) is 29.3 Å². The maximum Gasteiger partial charge on any atom is 0.337 e. The van der Waals surface area contributed by atoms with Crippen molar-refractivity contribution in [3.05, 3.63) is 95.7 Å². The Labute approximate surface area is 232 Å². The lowest BCUT2D eigenvalue weighted by atomic mass is 10.1. The number of thiazole rings is 1. The Morgan fingerprint density at radius 1 is 1.02 bits per heavy atom. The molecule has 3 aromatic carbocycles. The van der Waals surface area contributed by atoms with Crippen molar-refractivity contribution in [2.75, 3.05) is 12.4 Å². The third-order valence-electron chi connectivity index (χ3n) is 6.18. The van der Waals surface area contributed by atoms with Crippen LogP contribution in [-0.2, 0) is 19.4 Å². The summed E-state index contributed by atoms with van der Waals surface area (Å²) in [6.45, 7) is 0. The van der Waals surface area contributed by atoms with Crippen molar-refractivity contribution in [2.45, 2.75) is 29.1 Å². The number of amides is 1. The van der Waals surface area contributed by atoms with Crippen molar-refractivity contribution in [3.63, 3.8) is 0 Å². The number of ether oxygens (including phenoxy) is 2.